The largest absolute Gasteiger partial charge is 0.326 e. The van der Waals surface area contributed by atoms with Gasteiger partial charge in [-0.15, -0.1) is 0 Å². The minimum Gasteiger partial charge on any atom is -0.326 e. The Morgan fingerprint density at radius 3 is 2.46 bits per heavy atom. The van der Waals surface area contributed by atoms with Crippen molar-refractivity contribution in [2.24, 2.45) is 5.73 Å². The molecule has 0 aromatic heterocycles. The van der Waals surface area contributed by atoms with Crippen molar-refractivity contribution in [3.63, 3.8) is 0 Å². The molecule has 2 unspecified atom stereocenters. The van der Waals surface area contributed by atoms with E-state index in [-0.39, 0.29) is 11.9 Å². The van der Waals surface area contributed by atoms with E-state index in [9.17, 15) is 4.39 Å². The molecule has 0 amide bonds. The van der Waals surface area contributed by atoms with Gasteiger partial charge in [-0.2, -0.15) is 0 Å². The van der Waals surface area contributed by atoms with Gasteiger partial charge in [0.15, 0.2) is 0 Å². The molecule has 0 aliphatic carbocycles. The van der Waals surface area contributed by atoms with Crippen molar-refractivity contribution in [1.82, 2.24) is 5.32 Å². The molecule has 1 aliphatic heterocycles. The maximum atomic E-state index is 12.6. The zero-order valence-corrected chi connectivity index (χ0v) is 7.33. The average Bonchev–Trinajstić information content (AvgIpc) is 2.53. The van der Waals surface area contributed by atoms with E-state index in [2.05, 4.69) is 5.32 Å². The number of nitrogens with two attached hydrogens (primary N) is 1. The minimum absolute atomic E-state index is 0.158. The van der Waals surface area contributed by atoms with Gasteiger partial charge < -0.3 is 11.1 Å². The summed E-state index contributed by atoms with van der Waals surface area (Å²) >= 11 is 0. The van der Waals surface area contributed by atoms with Crippen molar-refractivity contribution in [1.29, 1.82) is 0 Å². The zero-order valence-electron chi connectivity index (χ0n) is 7.33. The Hall–Kier alpha value is -0.930. The molecule has 1 aromatic rings. The van der Waals surface area contributed by atoms with Crippen molar-refractivity contribution in [3.05, 3.63) is 35.6 Å². The summed E-state index contributed by atoms with van der Waals surface area (Å²) in [5.41, 5.74) is 7.02. The van der Waals surface area contributed by atoms with E-state index in [0.717, 1.165) is 18.7 Å². The Balaban J connectivity index is 2.20. The highest BCUT2D eigenvalue weighted by molar-refractivity contribution is 5.23. The lowest BCUT2D eigenvalue weighted by Gasteiger charge is -2.13. The van der Waals surface area contributed by atoms with Crippen LogP contribution in [0.4, 0.5) is 4.39 Å². The van der Waals surface area contributed by atoms with Crippen LogP contribution in [0.1, 0.15) is 11.5 Å². The Morgan fingerprint density at radius 2 is 1.92 bits per heavy atom. The van der Waals surface area contributed by atoms with Gasteiger partial charge in [0, 0.05) is 25.0 Å². The van der Waals surface area contributed by atoms with E-state index in [1.807, 2.05) is 12.1 Å². The van der Waals surface area contributed by atoms with Crippen molar-refractivity contribution in [2.75, 3.05) is 13.1 Å². The first-order valence-electron chi connectivity index (χ1n) is 4.49. The van der Waals surface area contributed by atoms with Crippen LogP contribution in [0, 0.1) is 5.82 Å². The quantitative estimate of drug-likeness (QED) is 0.672. The van der Waals surface area contributed by atoms with Gasteiger partial charge in [-0.1, -0.05) is 12.1 Å². The summed E-state index contributed by atoms with van der Waals surface area (Å²) in [6.45, 7) is 1.74. The van der Waals surface area contributed by atoms with Crippen LogP contribution < -0.4 is 11.1 Å². The minimum atomic E-state index is -0.191. The third-order valence-electron chi connectivity index (χ3n) is 2.56. The molecule has 3 heteroatoms. The highest BCUT2D eigenvalue weighted by Gasteiger charge is 2.24. The molecule has 1 fully saturated rings. The van der Waals surface area contributed by atoms with Crippen LogP contribution in [0.25, 0.3) is 0 Å². The molecule has 0 spiro atoms. The summed E-state index contributed by atoms with van der Waals surface area (Å²) in [4.78, 5) is 0. The SMILES string of the molecule is NC1CNCC1c1ccc(F)cc1. The average molecular weight is 180 g/mol. The Morgan fingerprint density at radius 1 is 1.23 bits per heavy atom. The number of rotatable bonds is 1. The predicted molar refractivity (Wildman–Crippen MR) is 50.0 cm³/mol. The molecule has 13 heavy (non-hydrogen) atoms. The number of hydrogen-bond acceptors (Lipinski definition) is 2. The molecule has 0 bridgehead atoms. The second kappa shape index (κ2) is 3.44. The van der Waals surface area contributed by atoms with E-state index < -0.39 is 0 Å². The molecule has 0 radical (unpaired) electrons. The maximum absolute atomic E-state index is 12.6. The smallest absolute Gasteiger partial charge is 0.123 e. The lowest BCUT2D eigenvalue weighted by Crippen LogP contribution is -2.27. The van der Waals surface area contributed by atoms with Crippen molar-refractivity contribution >= 4 is 0 Å². The summed E-state index contributed by atoms with van der Waals surface area (Å²) in [5.74, 6) is 0.142. The summed E-state index contributed by atoms with van der Waals surface area (Å²) < 4.78 is 12.6. The van der Waals surface area contributed by atoms with Crippen LogP contribution in [0.2, 0.25) is 0 Å². The van der Waals surface area contributed by atoms with Crippen molar-refractivity contribution in [3.8, 4) is 0 Å². The van der Waals surface area contributed by atoms with Gasteiger partial charge in [-0.25, -0.2) is 4.39 Å². The van der Waals surface area contributed by atoms with Gasteiger partial charge in [-0.05, 0) is 17.7 Å². The molecular weight excluding hydrogens is 167 g/mol. The third-order valence-corrected chi connectivity index (χ3v) is 2.56. The van der Waals surface area contributed by atoms with Crippen LogP contribution in [-0.4, -0.2) is 19.1 Å². The monoisotopic (exact) mass is 180 g/mol. The highest BCUT2D eigenvalue weighted by Crippen LogP contribution is 2.21. The van der Waals surface area contributed by atoms with Crippen molar-refractivity contribution in [2.45, 2.75) is 12.0 Å². The molecule has 1 heterocycles. The van der Waals surface area contributed by atoms with E-state index >= 15 is 0 Å². The first-order valence-corrected chi connectivity index (χ1v) is 4.49. The maximum Gasteiger partial charge on any atom is 0.123 e. The number of benzene rings is 1. The van der Waals surface area contributed by atoms with Crippen molar-refractivity contribution < 1.29 is 4.39 Å². The first kappa shape index (κ1) is 8.66. The van der Waals surface area contributed by atoms with Gasteiger partial charge in [-0.3, -0.25) is 0 Å². The fourth-order valence-corrected chi connectivity index (χ4v) is 1.77. The van der Waals surface area contributed by atoms with Crippen LogP contribution in [0.5, 0.6) is 0 Å². The number of halogens is 1. The van der Waals surface area contributed by atoms with E-state index in [4.69, 9.17) is 5.73 Å². The lowest BCUT2D eigenvalue weighted by atomic mass is 9.95. The molecule has 1 aliphatic rings. The van der Waals surface area contributed by atoms with Gasteiger partial charge >= 0.3 is 0 Å². The third kappa shape index (κ3) is 1.71. The molecular formula is C10H13FN2. The molecule has 2 rings (SSSR count). The molecule has 2 atom stereocenters. The highest BCUT2D eigenvalue weighted by atomic mass is 19.1. The number of nitrogens with one attached hydrogen (secondary N) is 1. The molecule has 1 saturated heterocycles. The molecule has 70 valence electrons. The predicted octanol–water partition coefficient (Wildman–Crippen LogP) is 0.840. The Kier molecular flexibility index (Phi) is 2.29. The fraction of sp³-hybridized carbons (Fsp3) is 0.400. The topological polar surface area (TPSA) is 38.0 Å². The summed E-state index contributed by atoms with van der Waals surface area (Å²) in [5, 5.41) is 3.22. The van der Waals surface area contributed by atoms with Gasteiger partial charge in [0.1, 0.15) is 5.82 Å². The Bertz CT molecular complexity index is 283. The Labute approximate surface area is 76.9 Å². The molecule has 3 N–H and O–H groups in total. The van der Waals surface area contributed by atoms with Crippen LogP contribution in [-0.2, 0) is 0 Å². The second-order valence-corrected chi connectivity index (χ2v) is 3.48. The first-order chi connectivity index (χ1) is 6.27. The van der Waals surface area contributed by atoms with Gasteiger partial charge in [0.25, 0.3) is 0 Å². The van der Waals surface area contributed by atoms with Gasteiger partial charge in [0.05, 0.1) is 0 Å². The fourth-order valence-electron chi connectivity index (χ4n) is 1.77. The molecule has 2 nitrogen and oxygen atoms in total. The molecule has 0 saturated carbocycles. The zero-order chi connectivity index (χ0) is 9.26. The van der Waals surface area contributed by atoms with E-state index in [1.54, 1.807) is 0 Å². The normalized spacial score (nSPS) is 27.8. The van der Waals surface area contributed by atoms with Crippen LogP contribution in [0.15, 0.2) is 24.3 Å². The molecule has 1 aromatic carbocycles. The lowest BCUT2D eigenvalue weighted by molar-refractivity contribution is 0.620. The van der Waals surface area contributed by atoms with Crippen LogP contribution >= 0.6 is 0 Å². The number of hydrogen-bond donors (Lipinski definition) is 2. The van der Waals surface area contributed by atoms with E-state index in [1.165, 1.54) is 12.1 Å². The van der Waals surface area contributed by atoms with Gasteiger partial charge in [0.2, 0.25) is 0 Å². The van der Waals surface area contributed by atoms with Crippen LogP contribution in [0.3, 0.4) is 0 Å². The second-order valence-electron chi connectivity index (χ2n) is 3.48. The summed E-state index contributed by atoms with van der Waals surface area (Å²) in [7, 11) is 0. The summed E-state index contributed by atoms with van der Waals surface area (Å²) in [6, 6.07) is 6.76. The summed E-state index contributed by atoms with van der Waals surface area (Å²) in [6.07, 6.45) is 0. The standard InChI is InChI=1S/C10H13FN2/c11-8-3-1-7(2-4-8)9-5-13-6-10(9)12/h1-4,9-10,13H,5-6,12H2. The van der Waals surface area contributed by atoms with E-state index in [0.29, 0.717) is 5.92 Å².